The highest BCUT2D eigenvalue weighted by molar-refractivity contribution is 6.34. The lowest BCUT2D eigenvalue weighted by Crippen LogP contribution is -2.29. The van der Waals surface area contributed by atoms with Crippen LogP contribution < -0.4 is 15.4 Å². The molecule has 0 fully saturated rings. The average Bonchev–Trinajstić information content (AvgIpc) is 3.09. The summed E-state index contributed by atoms with van der Waals surface area (Å²) in [5.74, 6) is 0.237. The number of rotatable bonds is 5. The van der Waals surface area contributed by atoms with Crippen LogP contribution >= 0.6 is 23.2 Å². The largest absolute Gasteiger partial charge is 0.467 e. The Bertz CT molecular complexity index is 1500. The van der Waals surface area contributed by atoms with Crippen molar-refractivity contribution < 1.29 is 27.4 Å². The summed E-state index contributed by atoms with van der Waals surface area (Å²) in [5.41, 5.74) is 6.74. The molecule has 15 heteroatoms. The van der Waals surface area contributed by atoms with E-state index in [4.69, 9.17) is 38.4 Å². The minimum absolute atomic E-state index is 0.0125. The molecule has 0 spiro atoms. The molecule has 0 saturated carbocycles. The molecule has 5 rings (SSSR count). The summed E-state index contributed by atoms with van der Waals surface area (Å²) in [5, 5.41) is 4.26. The first-order valence-electron chi connectivity index (χ1n) is 12.9. The third-order valence-electron chi connectivity index (χ3n) is 7.27. The summed E-state index contributed by atoms with van der Waals surface area (Å²) < 4.78 is 54.9. The van der Waals surface area contributed by atoms with Gasteiger partial charge in [0.15, 0.2) is 5.69 Å². The molecular weight excluding hydrogens is 586 g/mol. The average molecular weight is 614 g/mol. The van der Waals surface area contributed by atoms with Crippen molar-refractivity contribution in [1.29, 1.82) is 0 Å². The maximum Gasteiger partial charge on any atom is 0.418 e. The van der Waals surface area contributed by atoms with Gasteiger partial charge in [-0.1, -0.05) is 23.2 Å². The van der Waals surface area contributed by atoms with Crippen LogP contribution in [0.25, 0.3) is 0 Å². The second kappa shape index (κ2) is 11.2. The van der Waals surface area contributed by atoms with Crippen LogP contribution in [0.3, 0.4) is 0 Å². The third-order valence-corrected chi connectivity index (χ3v) is 7.96. The maximum atomic E-state index is 14.0. The molecule has 1 aromatic carbocycles. The zero-order valence-corrected chi connectivity index (χ0v) is 24.1. The number of fused-ring (bicyclic) bond motifs is 2. The van der Waals surface area contributed by atoms with Crippen LogP contribution in [0.5, 0.6) is 6.01 Å². The molecule has 2 aromatic heterocycles. The molecule has 4 heterocycles. The minimum Gasteiger partial charge on any atom is -0.467 e. The predicted molar refractivity (Wildman–Crippen MR) is 146 cm³/mol. The van der Waals surface area contributed by atoms with E-state index >= 15 is 0 Å². The molecule has 10 nitrogen and oxygen atoms in total. The fraction of sp³-hybridized carbons (Fsp3) is 0.462. The number of aryl methyl sites for hydroxylation is 1. The van der Waals surface area contributed by atoms with Crippen LogP contribution in [0.4, 0.5) is 24.7 Å². The summed E-state index contributed by atoms with van der Waals surface area (Å²) >= 11 is 12.7. The number of carbonyl (C=O) groups is 1. The molecule has 0 aliphatic carbocycles. The van der Waals surface area contributed by atoms with E-state index in [0.29, 0.717) is 48.8 Å². The van der Waals surface area contributed by atoms with Crippen molar-refractivity contribution in [2.45, 2.75) is 51.7 Å². The van der Waals surface area contributed by atoms with Gasteiger partial charge >= 0.3 is 12.2 Å². The smallest absolute Gasteiger partial charge is 0.418 e. The van der Waals surface area contributed by atoms with E-state index in [1.54, 1.807) is 11.7 Å². The zero-order chi connectivity index (χ0) is 29.6. The van der Waals surface area contributed by atoms with Crippen LogP contribution in [0.2, 0.25) is 10.0 Å². The third kappa shape index (κ3) is 5.50. The Morgan fingerprint density at radius 2 is 2.02 bits per heavy atom. The van der Waals surface area contributed by atoms with Crippen molar-refractivity contribution in [3.05, 3.63) is 56.0 Å². The van der Waals surface area contributed by atoms with Gasteiger partial charge in [0.1, 0.15) is 5.82 Å². The van der Waals surface area contributed by atoms with Gasteiger partial charge in [-0.05, 0) is 31.0 Å². The number of benzene rings is 1. The second-order valence-corrected chi connectivity index (χ2v) is 10.6. The summed E-state index contributed by atoms with van der Waals surface area (Å²) in [6.07, 6.45) is -5.03. The number of nitrogens with zero attached hydrogens (tertiary/aromatic N) is 6. The maximum absolute atomic E-state index is 14.0. The first-order chi connectivity index (χ1) is 19.4. The molecule has 1 unspecified atom stereocenters. The molecule has 0 bridgehead atoms. The number of halogens is 5. The standard InChI is InChI=1S/C26H28Cl2F3N7O3/c1-4-36(2)24(39)22-21(28)18-11-37(6-5-7-38(18)35-22)23-15-12-41-19(10-17(15)33-25(34-23)40-3)14-8-13(32)9-16(27)20(14)26(29,30)31/h8-9,19H,4-7,10-12,32H2,1-3H3. The summed E-state index contributed by atoms with van der Waals surface area (Å²) in [6, 6.07) is 2.36. The van der Waals surface area contributed by atoms with Crippen molar-refractivity contribution in [2.75, 3.05) is 37.9 Å². The first-order valence-corrected chi connectivity index (χ1v) is 13.7. The topological polar surface area (TPSA) is 112 Å². The molecule has 2 N–H and O–H groups in total. The van der Waals surface area contributed by atoms with E-state index in [9.17, 15) is 18.0 Å². The highest BCUT2D eigenvalue weighted by Crippen LogP contribution is 2.44. The number of anilines is 2. The highest BCUT2D eigenvalue weighted by atomic mass is 35.5. The summed E-state index contributed by atoms with van der Waals surface area (Å²) in [7, 11) is 3.09. The van der Waals surface area contributed by atoms with Crippen LogP contribution in [0.15, 0.2) is 12.1 Å². The zero-order valence-electron chi connectivity index (χ0n) is 22.6. The Kier molecular flexibility index (Phi) is 7.96. The molecular formula is C26H28Cl2F3N7O3. The van der Waals surface area contributed by atoms with Crippen molar-refractivity contribution in [3.8, 4) is 6.01 Å². The number of hydrogen-bond donors (Lipinski definition) is 1. The number of alkyl halides is 3. The fourth-order valence-electron chi connectivity index (χ4n) is 5.11. The van der Waals surface area contributed by atoms with E-state index in [0.717, 1.165) is 6.07 Å². The van der Waals surface area contributed by atoms with Gasteiger partial charge in [0.25, 0.3) is 5.91 Å². The normalized spacial score (nSPS) is 17.1. The van der Waals surface area contributed by atoms with E-state index in [1.807, 2.05) is 11.8 Å². The molecule has 1 amide bonds. The van der Waals surface area contributed by atoms with Crippen LogP contribution in [0, 0.1) is 0 Å². The number of nitrogen functional groups attached to an aromatic ring is 1. The van der Waals surface area contributed by atoms with Crippen LogP contribution in [-0.4, -0.2) is 57.8 Å². The lowest BCUT2D eigenvalue weighted by molar-refractivity contribution is -0.139. The van der Waals surface area contributed by atoms with Gasteiger partial charge in [0, 0.05) is 44.4 Å². The van der Waals surface area contributed by atoms with Gasteiger partial charge < -0.3 is 25.0 Å². The predicted octanol–water partition coefficient (Wildman–Crippen LogP) is 4.91. The molecule has 0 radical (unpaired) electrons. The Morgan fingerprint density at radius 3 is 2.71 bits per heavy atom. The second-order valence-electron chi connectivity index (χ2n) is 9.85. The number of nitrogens with two attached hydrogens (primary N) is 1. The van der Waals surface area contributed by atoms with Gasteiger partial charge in [-0.3, -0.25) is 9.48 Å². The van der Waals surface area contributed by atoms with Crippen LogP contribution in [-0.2, 0) is 37.0 Å². The van der Waals surface area contributed by atoms with E-state index in [-0.39, 0.29) is 53.5 Å². The van der Waals surface area contributed by atoms with Gasteiger partial charge in [-0.25, -0.2) is 0 Å². The molecule has 220 valence electrons. The molecule has 2 aliphatic heterocycles. The number of methoxy groups -OCH3 is 1. The number of carbonyl (C=O) groups excluding carboxylic acids is 1. The fourth-order valence-corrected chi connectivity index (χ4v) is 5.73. The molecule has 0 saturated heterocycles. The Balaban J connectivity index is 1.51. The lowest BCUT2D eigenvalue weighted by Gasteiger charge is -2.31. The summed E-state index contributed by atoms with van der Waals surface area (Å²) in [6.45, 7) is 3.69. The van der Waals surface area contributed by atoms with E-state index in [2.05, 4.69) is 15.1 Å². The molecule has 41 heavy (non-hydrogen) atoms. The summed E-state index contributed by atoms with van der Waals surface area (Å²) in [4.78, 5) is 25.4. The monoisotopic (exact) mass is 613 g/mol. The van der Waals surface area contributed by atoms with Gasteiger partial charge in [-0.15, -0.1) is 0 Å². The molecule has 3 aromatic rings. The van der Waals surface area contributed by atoms with Gasteiger partial charge in [-0.2, -0.15) is 28.2 Å². The van der Waals surface area contributed by atoms with E-state index in [1.165, 1.54) is 18.1 Å². The quantitative estimate of drug-likeness (QED) is 0.404. The SMILES string of the molecule is CCN(C)C(=O)c1nn2c(c1Cl)CN(c1nc(OC)nc3c1COC(c1cc(N)cc(Cl)c1C(F)(F)F)C3)CCC2. The number of ether oxygens (including phenoxy) is 2. The Labute approximate surface area is 244 Å². The molecule has 2 aliphatic rings. The highest BCUT2D eigenvalue weighted by Gasteiger charge is 2.40. The number of hydrogen-bond acceptors (Lipinski definition) is 8. The first kappa shape index (κ1) is 29.2. The Morgan fingerprint density at radius 1 is 1.27 bits per heavy atom. The minimum atomic E-state index is -4.71. The van der Waals surface area contributed by atoms with Crippen LogP contribution in [0.1, 0.15) is 58.0 Å². The van der Waals surface area contributed by atoms with Gasteiger partial charge in [0.2, 0.25) is 0 Å². The Hall–Kier alpha value is -3.29. The van der Waals surface area contributed by atoms with Gasteiger partial charge in [0.05, 0.1) is 53.4 Å². The lowest BCUT2D eigenvalue weighted by atomic mass is 9.94. The number of aromatic nitrogens is 4. The van der Waals surface area contributed by atoms with Crippen molar-refractivity contribution in [3.63, 3.8) is 0 Å². The molecule has 1 atom stereocenters. The van der Waals surface area contributed by atoms with Crippen molar-refractivity contribution >= 4 is 40.6 Å². The van der Waals surface area contributed by atoms with E-state index < -0.39 is 22.9 Å². The van der Waals surface area contributed by atoms with Crippen molar-refractivity contribution in [1.82, 2.24) is 24.6 Å². The van der Waals surface area contributed by atoms with Crippen molar-refractivity contribution in [2.24, 2.45) is 0 Å². The number of amides is 1.